The second kappa shape index (κ2) is 14.1. The van der Waals surface area contributed by atoms with E-state index in [-0.39, 0.29) is 5.92 Å². The molecule has 0 spiro atoms. The van der Waals surface area contributed by atoms with Gasteiger partial charge in [-0.3, -0.25) is 0 Å². The Bertz CT molecular complexity index is 614. The van der Waals surface area contributed by atoms with Crippen LogP contribution in [0.25, 0.3) is 0 Å². The van der Waals surface area contributed by atoms with Gasteiger partial charge in [-0.05, 0) is 94.8 Å². The molecule has 0 saturated heterocycles. The van der Waals surface area contributed by atoms with Crippen LogP contribution in [-0.2, 0) is 0 Å². The van der Waals surface area contributed by atoms with Gasteiger partial charge in [-0.25, -0.2) is 0 Å². The SMILES string of the molecule is CC/C=C/CC(C)/C=C/CC/C=C/CC(C)CCC1CC2CCC(O)C(O)C2C=C1C. The van der Waals surface area contributed by atoms with Crippen LogP contribution in [0.15, 0.2) is 48.1 Å². The molecular weight excluding hydrogens is 380 g/mol. The monoisotopic (exact) mass is 428 g/mol. The number of hydrogen-bond donors (Lipinski definition) is 2. The molecule has 0 aromatic heterocycles. The van der Waals surface area contributed by atoms with Crippen molar-refractivity contribution in [2.24, 2.45) is 29.6 Å². The number of allylic oxidation sites excluding steroid dienone is 7. The normalized spacial score (nSPS) is 31.3. The van der Waals surface area contributed by atoms with Gasteiger partial charge < -0.3 is 10.2 Å². The van der Waals surface area contributed by atoms with Crippen molar-refractivity contribution in [1.29, 1.82) is 0 Å². The number of rotatable bonds is 12. The third-order valence-corrected chi connectivity index (χ3v) is 7.44. The molecule has 0 aromatic rings. The van der Waals surface area contributed by atoms with Crippen molar-refractivity contribution in [1.82, 2.24) is 0 Å². The van der Waals surface area contributed by atoms with Crippen LogP contribution in [0, 0.1) is 29.6 Å². The van der Waals surface area contributed by atoms with E-state index >= 15 is 0 Å². The van der Waals surface area contributed by atoms with Crippen molar-refractivity contribution in [3.63, 3.8) is 0 Å². The first kappa shape index (κ1) is 26.1. The predicted molar refractivity (Wildman–Crippen MR) is 134 cm³/mol. The van der Waals surface area contributed by atoms with Crippen molar-refractivity contribution in [2.45, 2.75) is 104 Å². The zero-order valence-electron chi connectivity index (χ0n) is 20.5. The van der Waals surface area contributed by atoms with Crippen LogP contribution in [-0.4, -0.2) is 22.4 Å². The van der Waals surface area contributed by atoms with E-state index in [0.717, 1.165) is 44.4 Å². The van der Waals surface area contributed by atoms with Gasteiger partial charge in [0.15, 0.2) is 0 Å². The van der Waals surface area contributed by atoms with E-state index in [9.17, 15) is 10.2 Å². The summed E-state index contributed by atoms with van der Waals surface area (Å²) in [5, 5.41) is 20.3. The molecule has 7 unspecified atom stereocenters. The Morgan fingerprint density at radius 3 is 2.52 bits per heavy atom. The lowest BCUT2D eigenvalue weighted by Gasteiger charge is -2.42. The highest BCUT2D eigenvalue weighted by Gasteiger charge is 2.40. The molecule has 176 valence electrons. The minimum atomic E-state index is -0.560. The van der Waals surface area contributed by atoms with E-state index in [2.05, 4.69) is 70.2 Å². The van der Waals surface area contributed by atoms with Crippen LogP contribution in [0.4, 0.5) is 0 Å². The Hall–Kier alpha value is -1.12. The highest BCUT2D eigenvalue weighted by Crippen LogP contribution is 2.43. The molecule has 31 heavy (non-hydrogen) atoms. The average molecular weight is 429 g/mol. The van der Waals surface area contributed by atoms with Gasteiger partial charge >= 0.3 is 0 Å². The van der Waals surface area contributed by atoms with Gasteiger partial charge in [0, 0.05) is 5.92 Å². The van der Waals surface area contributed by atoms with Crippen molar-refractivity contribution in [3.8, 4) is 0 Å². The van der Waals surface area contributed by atoms with E-state index in [1.807, 2.05) is 0 Å². The number of unbranched alkanes of at least 4 members (excludes halogenated alkanes) is 1. The zero-order chi connectivity index (χ0) is 22.6. The summed E-state index contributed by atoms with van der Waals surface area (Å²) >= 11 is 0. The van der Waals surface area contributed by atoms with Crippen LogP contribution in [0.1, 0.15) is 91.9 Å². The van der Waals surface area contributed by atoms with Crippen LogP contribution in [0.3, 0.4) is 0 Å². The minimum Gasteiger partial charge on any atom is -0.390 e. The number of aliphatic hydroxyl groups excluding tert-OH is 2. The predicted octanol–water partition coefficient (Wildman–Crippen LogP) is 7.39. The molecule has 0 aromatic carbocycles. The van der Waals surface area contributed by atoms with E-state index in [4.69, 9.17) is 0 Å². The molecule has 2 aliphatic rings. The highest BCUT2D eigenvalue weighted by molar-refractivity contribution is 5.15. The molecule has 2 aliphatic carbocycles. The first-order valence-electron chi connectivity index (χ1n) is 12.9. The summed E-state index contributed by atoms with van der Waals surface area (Å²) in [6.45, 7) is 9.08. The Labute approximate surface area is 192 Å². The molecule has 0 heterocycles. The van der Waals surface area contributed by atoms with Gasteiger partial charge in [-0.15, -0.1) is 0 Å². The summed E-state index contributed by atoms with van der Waals surface area (Å²) in [7, 11) is 0. The first-order chi connectivity index (χ1) is 14.9. The third kappa shape index (κ3) is 9.10. The van der Waals surface area contributed by atoms with Gasteiger partial charge in [0.1, 0.15) is 0 Å². The number of aliphatic hydroxyl groups is 2. The van der Waals surface area contributed by atoms with Gasteiger partial charge in [-0.2, -0.15) is 0 Å². The molecule has 2 N–H and O–H groups in total. The molecule has 1 fully saturated rings. The fourth-order valence-corrected chi connectivity index (χ4v) is 5.26. The summed E-state index contributed by atoms with van der Waals surface area (Å²) < 4.78 is 0. The molecule has 0 bridgehead atoms. The van der Waals surface area contributed by atoms with Gasteiger partial charge in [0.2, 0.25) is 0 Å². The Morgan fingerprint density at radius 1 is 1.00 bits per heavy atom. The van der Waals surface area contributed by atoms with Crippen molar-refractivity contribution < 1.29 is 10.2 Å². The Balaban J connectivity index is 1.62. The minimum absolute atomic E-state index is 0.171. The third-order valence-electron chi connectivity index (χ3n) is 7.44. The van der Waals surface area contributed by atoms with Crippen LogP contribution >= 0.6 is 0 Å². The molecule has 1 saturated carbocycles. The Kier molecular flexibility index (Phi) is 11.9. The molecule has 2 rings (SSSR count). The van der Waals surface area contributed by atoms with Gasteiger partial charge in [-0.1, -0.05) is 68.9 Å². The largest absolute Gasteiger partial charge is 0.390 e. The fraction of sp³-hybridized carbons (Fsp3) is 0.724. The average Bonchev–Trinajstić information content (AvgIpc) is 2.75. The molecule has 0 radical (unpaired) electrons. The van der Waals surface area contributed by atoms with Crippen molar-refractivity contribution in [2.75, 3.05) is 0 Å². The maximum Gasteiger partial charge on any atom is 0.0864 e. The standard InChI is InChI=1S/C29H48O2/c1-5-6-10-13-22(2)14-11-8-7-9-12-15-23(3)16-17-25-21-26-18-19-28(30)29(31)27(26)20-24(25)4/h6,9-12,14,20,22-23,25-31H,5,7-8,13,15-19,21H2,1-4H3/b10-6+,12-9+,14-11+. The summed E-state index contributed by atoms with van der Waals surface area (Å²) in [6.07, 6.45) is 26.4. The molecular formula is C29H48O2. The number of hydrogen-bond acceptors (Lipinski definition) is 2. The summed E-state index contributed by atoms with van der Waals surface area (Å²) in [6, 6.07) is 0. The van der Waals surface area contributed by atoms with Gasteiger partial charge in [0.05, 0.1) is 12.2 Å². The smallest absolute Gasteiger partial charge is 0.0864 e. The van der Waals surface area contributed by atoms with E-state index < -0.39 is 12.2 Å². The maximum absolute atomic E-state index is 10.3. The second-order valence-electron chi connectivity index (χ2n) is 10.3. The molecule has 2 heteroatoms. The fourth-order valence-electron chi connectivity index (χ4n) is 5.26. The maximum atomic E-state index is 10.3. The number of fused-ring (bicyclic) bond motifs is 1. The van der Waals surface area contributed by atoms with E-state index in [1.54, 1.807) is 0 Å². The lowest BCUT2D eigenvalue weighted by molar-refractivity contribution is -0.0586. The van der Waals surface area contributed by atoms with E-state index in [1.165, 1.54) is 31.3 Å². The summed E-state index contributed by atoms with van der Waals surface area (Å²) in [5.41, 5.74) is 1.43. The van der Waals surface area contributed by atoms with Crippen molar-refractivity contribution >= 4 is 0 Å². The van der Waals surface area contributed by atoms with E-state index in [0.29, 0.717) is 17.8 Å². The molecule has 0 aliphatic heterocycles. The van der Waals surface area contributed by atoms with Crippen LogP contribution < -0.4 is 0 Å². The lowest BCUT2D eigenvalue weighted by atomic mass is 9.66. The topological polar surface area (TPSA) is 40.5 Å². The molecule has 7 atom stereocenters. The Morgan fingerprint density at radius 2 is 1.74 bits per heavy atom. The van der Waals surface area contributed by atoms with Crippen LogP contribution in [0.5, 0.6) is 0 Å². The summed E-state index contributed by atoms with van der Waals surface area (Å²) in [5.74, 6) is 2.75. The van der Waals surface area contributed by atoms with Gasteiger partial charge in [0.25, 0.3) is 0 Å². The second-order valence-corrected chi connectivity index (χ2v) is 10.3. The molecule has 0 amide bonds. The summed E-state index contributed by atoms with van der Waals surface area (Å²) in [4.78, 5) is 0. The first-order valence-corrected chi connectivity index (χ1v) is 12.9. The molecule has 2 nitrogen and oxygen atoms in total. The lowest BCUT2D eigenvalue weighted by Crippen LogP contribution is -2.43. The van der Waals surface area contributed by atoms with Crippen LogP contribution in [0.2, 0.25) is 0 Å². The van der Waals surface area contributed by atoms with Crippen molar-refractivity contribution in [3.05, 3.63) is 48.1 Å². The zero-order valence-corrected chi connectivity index (χ0v) is 20.5. The highest BCUT2D eigenvalue weighted by atomic mass is 16.3. The quantitative estimate of drug-likeness (QED) is 0.251.